The van der Waals surface area contributed by atoms with Gasteiger partial charge in [0.15, 0.2) is 5.60 Å². The van der Waals surface area contributed by atoms with Crippen LogP contribution in [-0.2, 0) is 11.2 Å². The van der Waals surface area contributed by atoms with Crippen LogP contribution in [0.4, 0.5) is 15.8 Å². The van der Waals surface area contributed by atoms with Crippen molar-refractivity contribution >= 4 is 28.9 Å². The van der Waals surface area contributed by atoms with Crippen LogP contribution in [-0.4, -0.2) is 29.7 Å². The number of hydrogen-bond acceptors (Lipinski definition) is 4. The largest absolute Gasteiger partial charge is 0.378 e. The van der Waals surface area contributed by atoms with Gasteiger partial charge in [-0.1, -0.05) is 17.7 Å². The van der Waals surface area contributed by atoms with Gasteiger partial charge in [0, 0.05) is 17.9 Å². The maximum absolute atomic E-state index is 13.5. The molecule has 1 heterocycles. The highest BCUT2D eigenvalue weighted by molar-refractivity contribution is 6.32. The number of β-amino-alcohol motifs (C(OH)–C–C–N with tert-alkyl or cyclic N) is 1. The van der Waals surface area contributed by atoms with Crippen molar-refractivity contribution in [3.8, 4) is 6.07 Å². The zero-order chi connectivity index (χ0) is 18.9. The minimum Gasteiger partial charge on any atom is -0.378 e. The molecule has 2 aromatic carbocycles. The molecule has 2 N–H and O–H groups in total. The van der Waals surface area contributed by atoms with Crippen molar-refractivity contribution in [2.75, 3.05) is 23.3 Å². The molecular weight excluding hydrogens is 357 g/mol. The smallest absolute Gasteiger partial charge is 0.257 e. The van der Waals surface area contributed by atoms with Crippen molar-refractivity contribution in [2.45, 2.75) is 18.9 Å². The summed E-state index contributed by atoms with van der Waals surface area (Å²) >= 11 is 5.96. The third-order valence-electron chi connectivity index (χ3n) is 4.37. The second-order valence-corrected chi connectivity index (χ2v) is 6.89. The minimum absolute atomic E-state index is 0.0271. The predicted octanol–water partition coefficient (Wildman–Crippen LogP) is 3.10. The van der Waals surface area contributed by atoms with Crippen LogP contribution in [0.15, 0.2) is 36.4 Å². The quantitative estimate of drug-likeness (QED) is 0.863. The SMILES string of the molecule is CC(O)(CN1CCc2ccc(F)cc21)C(=O)Nc1ccc(C#N)c(Cl)c1. The van der Waals surface area contributed by atoms with Crippen molar-refractivity contribution in [2.24, 2.45) is 0 Å². The number of nitrogens with zero attached hydrogens (tertiary/aromatic N) is 2. The summed E-state index contributed by atoms with van der Waals surface area (Å²) in [5, 5.41) is 22.3. The summed E-state index contributed by atoms with van der Waals surface area (Å²) in [4.78, 5) is 14.3. The van der Waals surface area contributed by atoms with Gasteiger partial charge >= 0.3 is 0 Å². The van der Waals surface area contributed by atoms with Crippen LogP contribution in [0.3, 0.4) is 0 Å². The lowest BCUT2D eigenvalue weighted by atomic mass is 10.0. The number of halogens is 2. The van der Waals surface area contributed by atoms with E-state index in [1.807, 2.05) is 6.07 Å². The molecule has 7 heteroatoms. The molecule has 1 aliphatic heterocycles. The molecule has 1 aliphatic rings. The number of nitrogens with one attached hydrogen (secondary N) is 1. The normalized spacial score (nSPS) is 15.1. The van der Waals surface area contributed by atoms with Gasteiger partial charge in [-0.25, -0.2) is 4.39 Å². The molecule has 1 atom stereocenters. The van der Waals surface area contributed by atoms with Crippen molar-refractivity contribution < 1.29 is 14.3 Å². The van der Waals surface area contributed by atoms with E-state index in [1.54, 1.807) is 17.0 Å². The molecule has 0 saturated heterocycles. The van der Waals surface area contributed by atoms with E-state index < -0.39 is 11.5 Å². The lowest BCUT2D eigenvalue weighted by molar-refractivity contribution is -0.131. The Labute approximate surface area is 155 Å². The molecule has 0 aliphatic carbocycles. The van der Waals surface area contributed by atoms with Gasteiger partial charge in [-0.3, -0.25) is 4.79 Å². The molecule has 5 nitrogen and oxygen atoms in total. The lowest BCUT2D eigenvalue weighted by Crippen LogP contribution is -2.49. The monoisotopic (exact) mass is 373 g/mol. The average molecular weight is 374 g/mol. The van der Waals surface area contributed by atoms with E-state index in [-0.39, 0.29) is 17.4 Å². The third-order valence-corrected chi connectivity index (χ3v) is 4.69. The minimum atomic E-state index is -1.70. The number of fused-ring (bicyclic) bond motifs is 1. The summed E-state index contributed by atoms with van der Waals surface area (Å²) in [6, 6.07) is 11.0. The Kier molecular flexibility index (Phi) is 4.86. The average Bonchev–Trinajstić information content (AvgIpc) is 2.96. The van der Waals surface area contributed by atoms with Crippen LogP contribution in [0, 0.1) is 17.1 Å². The van der Waals surface area contributed by atoms with E-state index in [0.29, 0.717) is 23.5 Å². The molecule has 0 saturated carbocycles. The molecule has 1 unspecified atom stereocenters. The first-order valence-corrected chi connectivity index (χ1v) is 8.45. The number of carbonyl (C=O) groups excluding carboxylic acids is 1. The molecule has 3 rings (SSSR count). The van der Waals surface area contributed by atoms with E-state index in [0.717, 1.165) is 12.0 Å². The zero-order valence-electron chi connectivity index (χ0n) is 14.1. The van der Waals surface area contributed by atoms with Gasteiger partial charge in [0.1, 0.15) is 11.9 Å². The molecule has 134 valence electrons. The standard InChI is InChI=1S/C19H17ClFN3O2/c1-19(26,11-24-7-6-12-2-4-14(21)8-17(12)24)18(25)23-15-5-3-13(10-22)16(20)9-15/h2-5,8-9,26H,6-7,11H2,1H3,(H,23,25). The number of amides is 1. The summed E-state index contributed by atoms with van der Waals surface area (Å²) in [7, 11) is 0. The van der Waals surface area contributed by atoms with Crippen LogP contribution in [0.2, 0.25) is 5.02 Å². The maximum Gasteiger partial charge on any atom is 0.257 e. The van der Waals surface area contributed by atoms with Gasteiger partial charge in [0.2, 0.25) is 0 Å². The number of carbonyl (C=O) groups is 1. The lowest BCUT2D eigenvalue weighted by Gasteiger charge is -2.29. The van der Waals surface area contributed by atoms with Crippen LogP contribution in [0.1, 0.15) is 18.1 Å². The summed E-state index contributed by atoms with van der Waals surface area (Å²) in [5.41, 5.74) is 0.661. The first kappa shape index (κ1) is 18.2. The molecule has 0 spiro atoms. The van der Waals surface area contributed by atoms with E-state index in [9.17, 15) is 14.3 Å². The van der Waals surface area contributed by atoms with Gasteiger partial charge in [-0.05, 0) is 49.2 Å². The molecule has 0 radical (unpaired) electrons. The highest BCUT2D eigenvalue weighted by Crippen LogP contribution is 2.30. The van der Waals surface area contributed by atoms with Gasteiger partial charge in [-0.2, -0.15) is 5.26 Å². The van der Waals surface area contributed by atoms with E-state index in [1.165, 1.54) is 31.2 Å². The Morgan fingerprint density at radius 2 is 2.19 bits per heavy atom. The maximum atomic E-state index is 13.5. The highest BCUT2D eigenvalue weighted by atomic mass is 35.5. The molecule has 1 amide bonds. The summed E-state index contributed by atoms with van der Waals surface area (Å²) in [6.07, 6.45) is 0.735. The van der Waals surface area contributed by atoms with Crippen LogP contribution in [0.25, 0.3) is 0 Å². The second-order valence-electron chi connectivity index (χ2n) is 6.48. The highest BCUT2D eigenvalue weighted by Gasteiger charge is 2.35. The van der Waals surface area contributed by atoms with Crippen LogP contribution < -0.4 is 10.2 Å². The van der Waals surface area contributed by atoms with Crippen LogP contribution >= 0.6 is 11.6 Å². The fourth-order valence-electron chi connectivity index (χ4n) is 2.98. The molecule has 26 heavy (non-hydrogen) atoms. The first-order valence-electron chi connectivity index (χ1n) is 8.07. The fraction of sp³-hybridized carbons (Fsp3) is 0.263. The van der Waals surface area contributed by atoms with E-state index >= 15 is 0 Å². The Morgan fingerprint density at radius 1 is 1.42 bits per heavy atom. The van der Waals surface area contributed by atoms with Crippen molar-refractivity contribution in [1.29, 1.82) is 5.26 Å². The fourth-order valence-corrected chi connectivity index (χ4v) is 3.20. The summed E-state index contributed by atoms with van der Waals surface area (Å²) < 4.78 is 13.5. The Hall–Kier alpha value is -2.62. The summed E-state index contributed by atoms with van der Waals surface area (Å²) in [5.74, 6) is -0.963. The molecular formula is C19H17ClFN3O2. The van der Waals surface area contributed by atoms with Crippen molar-refractivity contribution in [3.05, 3.63) is 58.4 Å². The van der Waals surface area contributed by atoms with Gasteiger partial charge in [0.05, 0.1) is 17.1 Å². The zero-order valence-corrected chi connectivity index (χ0v) is 14.8. The number of aliphatic hydroxyl groups is 1. The Balaban J connectivity index is 1.73. The number of benzene rings is 2. The van der Waals surface area contributed by atoms with Gasteiger partial charge < -0.3 is 15.3 Å². The molecule has 0 bridgehead atoms. The Morgan fingerprint density at radius 3 is 2.88 bits per heavy atom. The third kappa shape index (κ3) is 3.64. The van der Waals surface area contributed by atoms with Crippen molar-refractivity contribution in [1.82, 2.24) is 0 Å². The van der Waals surface area contributed by atoms with E-state index in [4.69, 9.17) is 16.9 Å². The molecule has 0 aromatic heterocycles. The topological polar surface area (TPSA) is 76.4 Å². The number of hydrogen-bond donors (Lipinski definition) is 2. The number of rotatable bonds is 4. The number of anilines is 2. The molecule has 2 aromatic rings. The summed E-state index contributed by atoms with van der Waals surface area (Å²) in [6.45, 7) is 2.04. The van der Waals surface area contributed by atoms with E-state index in [2.05, 4.69) is 5.32 Å². The van der Waals surface area contributed by atoms with Gasteiger partial charge in [0.25, 0.3) is 5.91 Å². The molecule has 0 fully saturated rings. The Bertz CT molecular complexity index is 908. The van der Waals surface area contributed by atoms with Crippen molar-refractivity contribution in [3.63, 3.8) is 0 Å². The second kappa shape index (κ2) is 6.94. The predicted molar refractivity (Wildman–Crippen MR) is 97.7 cm³/mol. The van der Waals surface area contributed by atoms with Crippen LogP contribution in [0.5, 0.6) is 0 Å². The number of nitriles is 1. The van der Waals surface area contributed by atoms with Gasteiger partial charge in [-0.15, -0.1) is 0 Å². The first-order chi connectivity index (χ1) is 12.3.